The normalized spacial score (nSPS) is 20.0. The number of allylic oxidation sites excluding steroid dienone is 10. The number of rotatable bonds is 4. The minimum absolute atomic E-state index is 0.252. The SMILES string of the molecule is CC1C=CC(c2ccc3ccc4ccc(C5=CC6C=Cc7cc(-c8ccc(-c9nc%10c(c%11c9ccc9c%12ccccc%12oc9%11)C(C)CC=C%10)cc8)ccc7C6C=C5)nc4c3n2)=CC1. The van der Waals surface area contributed by atoms with E-state index in [0.29, 0.717) is 11.8 Å². The van der Waals surface area contributed by atoms with Crippen LogP contribution in [0, 0.1) is 11.8 Å². The highest BCUT2D eigenvalue weighted by Crippen LogP contribution is 2.45. The van der Waals surface area contributed by atoms with Crippen LogP contribution in [0.25, 0.3) is 100 Å². The standard InChI is InChI=1S/C59H43N3O/c1-34-10-12-37(13-11-34)50-30-24-39-18-19-40-25-31-51(61-58(40)57(39)60-50)44-23-27-46-43(33-44)21-20-42-32-41(22-26-45(42)46)36-14-16-38(17-15-36)56-49-29-28-48-47-7-3-4-9-53(47)63-59(48)55(49)54-35(2)6-5-8-52(54)62-56/h3-5,7-10,12-35,43,46H,6,11H2,1-2H3. The third-order valence-electron chi connectivity index (χ3n) is 14.0. The van der Waals surface area contributed by atoms with Gasteiger partial charge in [-0.2, -0.15) is 0 Å². The van der Waals surface area contributed by atoms with E-state index in [9.17, 15) is 0 Å². The maximum Gasteiger partial charge on any atom is 0.143 e. The molecular formula is C59H43N3O. The highest BCUT2D eigenvalue weighted by molar-refractivity contribution is 6.18. The Labute approximate surface area is 366 Å². The van der Waals surface area contributed by atoms with E-state index in [-0.39, 0.29) is 11.8 Å². The highest BCUT2D eigenvalue weighted by atomic mass is 16.3. The van der Waals surface area contributed by atoms with Crippen LogP contribution in [0.15, 0.2) is 168 Å². The molecule has 4 aliphatic rings. The molecule has 4 unspecified atom stereocenters. The molecule has 0 N–H and O–H groups in total. The second kappa shape index (κ2) is 14.1. The van der Waals surface area contributed by atoms with Crippen molar-refractivity contribution in [2.45, 2.75) is 38.5 Å². The van der Waals surface area contributed by atoms with Crippen molar-refractivity contribution in [3.63, 3.8) is 0 Å². The van der Waals surface area contributed by atoms with Gasteiger partial charge in [-0.25, -0.2) is 15.0 Å². The summed E-state index contributed by atoms with van der Waals surface area (Å²) < 4.78 is 6.63. The van der Waals surface area contributed by atoms with Crippen molar-refractivity contribution in [1.29, 1.82) is 0 Å². The molecule has 0 fully saturated rings. The number of para-hydroxylation sites is 1. The maximum absolute atomic E-state index is 6.63. The third-order valence-corrected chi connectivity index (χ3v) is 14.0. The van der Waals surface area contributed by atoms with Gasteiger partial charge in [0.25, 0.3) is 0 Å². The molecule has 0 saturated heterocycles. The van der Waals surface area contributed by atoms with Crippen LogP contribution in [0.4, 0.5) is 0 Å². The summed E-state index contributed by atoms with van der Waals surface area (Å²) in [6.07, 6.45) is 25.0. The summed E-state index contributed by atoms with van der Waals surface area (Å²) in [7, 11) is 0. The summed E-state index contributed by atoms with van der Waals surface area (Å²) in [5.74, 6) is 1.44. The summed E-state index contributed by atoms with van der Waals surface area (Å²) in [5, 5.41) is 6.85. The van der Waals surface area contributed by atoms with Crippen LogP contribution in [0.3, 0.4) is 0 Å². The molecule has 0 radical (unpaired) electrons. The van der Waals surface area contributed by atoms with E-state index in [1.54, 1.807) is 0 Å². The minimum atomic E-state index is 0.252. The average Bonchev–Trinajstić information content (AvgIpc) is 3.72. The lowest BCUT2D eigenvalue weighted by atomic mass is 9.75. The number of hydrogen-bond acceptors (Lipinski definition) is 4. The number of pyridine rings is 3. The van der Waals surface area contributed by atoms with Gasteiger partial charge in [0.05, 0.1) is 33.8 Å². The molecule has 9 aromatic rings. The van der Waals surface area contributed by atoms with Gasteiger partial charge in [0.1, 0.15) is 11.2 Å². The molecule has 0 bridgehead atoms. The van der Waals surface area contributed by atoms with Crippen molar-refractivity contribution in [3.8, 4) is 22.4 Å². The van der Waals surface area contributed by atoms with E-state index < -0.39 is 0 Å². The molecule has 13 rings (SSSR count). The first-order chi connectivity index (χ1) is 31.0. The average molecular weight is 810 g/mol. The summed E-state index contributed by atoms with van der Waals surface area (Å²) in [5.41, 5.74) is 17.5. The van der Waals surface area contributed by atoms with Crippen LogP contribution >= 0.6 is 0 Å². The van der Waals surface area contributed by atoms with E-state index in [2.05, 4.69) is 184 Å². The number of fused-ring (bicyclic) bond motifs is 13. The minimum Gasteiger partial charge on any atom is -0.455 e. The third kappa shape index (κ3) is 5.85. The van der Waals surface area contributed by atoms with Crippen LogP contribution < -0.4 is 0 Å². The molecule has 0 amide bonds. The van der Waals surface area contributed by atoms with Gasteiger partial charge in [0.15, 0.2) is 0 Å². The van der Waals surface area contributed by atoms with Gasteiger partial charge in [-0.3, -0.25) is 0 Å². The predicted molar refractivity (Wildman–Crippen MR) is 262 cm³/mol. The second-order valence-electron chi connectivity index (χ2n) is 18.0. The Morgan fingerprint density at radius 2 is 1.32 bits per heavy atom. The van der Waals surface area contributed by atoms with Gasteiger partial charge in [0, 0.05) is 49.7 Å². The van der Waals surface area contributed by atoms with Crippen molar-refractivity contribution in [2.75, 3.05) is 0 Å². The maximum atomic E-state index is 6.63. The lowest BCUT2D eigenvalue weighted by Gasteiger charge is -2.29. The zero-order chi connectivity index (χ0) is 41.8. The van der Waals surface area contributed by atoms with Crippen LogP contribution in [0.1, 0.15) is 72.3 Å². The van der Waals surface area contributed by atoms with Crippen LogP contribution in [0.5, 0.6) is 0 Å². The first-order valence-corrected chi connectivity index (χ1v) is 22.4. The summed E-state index contributed by atoms with van der Waals surface area (Å²) in [6.45, 7) is 4.55. The first kappa shape index (κ1) is 36.2. The van der Waals surface area contributed by atoms with E-state index in [1.807, 2.05) is 6.07 Å². The lowest BCUT2D eigenvalue weighted by Crippen LogP contribution is -2.14. The molecule has 4 aliphatic carbocycles. The number of hydrogen-bond donors (Lipinski definition) is 0. The Kier molecular flexibility index (Phi) is 8.08. The van der Waals surface area contributed by atoms with Crippen molar-refractivity contribution in [2.24, 2.45) is 11.8 Å². The highest BCUT2D eigenvalue weighted by Gasteiger charge is 2.28. The van der Waals surface area contributed by atoms with Crippen LogP contribution in [-0.4, -0.2) is 15.0 Å². The lowest BCUT2D eigenvalue weighted by molar-refractivity contribution is 0.671. The molecule has 4 aromatic heterocycles. The van der Waals surface area contributed by atoms with E-state index in [4.69, 9.17) is 19.4 Å². The fraction of sp³-hybridized carbons (Fsp3) is 0.136. The molecule has 300 valence electrons. The van der Waals surface area contributed by atoms with Gasteiger partial charge in [0.2, 0.25) is 0 Å². The summed E-state index contributed by atoms with van der Waals surface area (Å²) in [4.78, 5) is 15.8. The molecular weight excluding hydrogens is 767 g/mol. The largest absolute Gasteiger partial charge is 0.455 e. The molecule has 4 nitrogen and oxygen atoms in total. The second-order valence-corrected chi connectivity index (χ2v) is 18.0. The van der Waals surface area contributed by atoms with Gasteiger partial charge in [-0.1, -0.05) is 153 Å². The monoisotopic (exact) mass is 809 g/mol. The topological polar surface area (TPSA) is 51.8 Å². The van der Waals surface area contributed by atoms with E-state index >= 15 is 0 Å². The number of benzene rings is 5. The fourth-order valence-corrected chi connectivity index (χ4v) is 10.6. The van der Waals surface area contributed by atoms with Gasteiger partial charge in [-0.05, 0) is 100 Å². The van der Waals surface area contributed by atoms with E-state index in [1.165, 1.54) is 38.8 Å². The predicted octanol–water partition coefficient (Wildman–Crippen LogP) is 15.4. The van der Waals surface area contributed by atoms with Crippen molar-refractivity contribution in [3.05, 3.63) is 198 Å². The van der Waals surface area contributed by atoms with Crippen molar-refractivity contribution in [1.82, 2.24) is 15.0 Å². The van der Waals surface area contributed by atoms with Gasteiger partial charge in [-0.15, -0.1) is 0 Å². The number of nitrogens with zero attached hydrogens (tertiary/aromatic N) is 3. The molecule has 0 aliphatic heterocycles. The first-order valence-electron chi connectivity index (χ1n) is 22.4. The van der Waals surface area contributed by atoms with E-state index in [0.717, 1.165) is 95.9 Å². The number of furan rings is 1. The van der Waals surface area contributed by atoms with Gasteiger partial charge < -0.3 is 4.42 Å². The smallest absolute Gasteiger partial charge is 0.143 e. The van der Waals surface area contributed by atoms with Crippen LogP contribution in [0.2, 0.25) is 0 Å². The Balaban J connectivity index is 0.803. The summed E-state index contributed by atoms with van der Waals surface area (Å²) >= 11 is 0. The van der Waals surface area contributed by atoms with Crippen molar-refractivity contribution >= 4 is 77.8 Å². The molecule has 0 saturated carbocycles. The Hall–Kier alpha value is -7.43. The van der Waals surface area contributed by atoms with Crippen molar-refractivity contribution < 1.29 is 4.42 Å². The Morgan fingerprint density at radius 3 is 2.13 bits per heavy atom. The quantitative estimate of drug-likeness (QED) is 0.166. The van der Waals surface area contributed by atoms with Crippen LogP contribution in [-0.2, 0) is 0 Å². The molecule has 5 aromatic carbocycles. The van der Waals surface area contributed by atoms with Gasteiger partial charge >= 0.3 is 0 Å². The zero-order valence-corrected chi connectivity index (χ0v) is 35.2. The molecule has 0 spiro atoms. The molecule has 63 heavy (non-hydrogen) atoms. The number of aromatic nitrogens is 3. The molecule has 4 heterocycles. The summed E-state index contributed by atoms with van der Waals surface area (Å²) in [6, 6.07) is 41.7. The Morgan fingerprint density at radius 1 is 0.587 bits per heavy atom. The fourth-order valence-electron chi connectivity index (χ4n) is 10.6. The molecule has 4 atom stereocenters. The Bertz CT molecular complexity index is 3610. The zero-order valence-electron chi connectivity index (χ0n) is 35.2. The molecule has 4 heteroatoms.